The Morgan fingerprint density at radius 3 is 2.37 bits per heavy atom. The number of nitrogens with one attached hydrogen (secondary N) is 1. The first-order valence-corrected chi connectivity index (χ1v) is 6.37. The molecule has 4 heteroatoms. The number of benzene rings is 1. The number of rotatable bonds is 7. The Kier molecular flexibility index (Phi) is 4.86. The molecular weight excluding hydrogens is 242 g/mol. The van der Waals surface area contributed by atoms with E-state index < -0.39 is 0 Å². The average Bonchev–Trinajstić information content (AvgIpc) is 2.91. The van der Waals surface area contributed by atoms with Gasteiger partial charge in [0.1, 0.15) is 29.6 Å². The van der Waals surface area contributed by atoms with Crippen LogP contribution < -0.4 is 14.8 Å². The minimum Gasteiger partial charge on any atom is -0.497 e. The standard InChI is InChI=1S/C15H19NO3/c1-3-16-10-14-8-9-15(19-14)11-18-13-6-4-12(17-2)5-7-13/h4-9,16H,3,10-11H2,1-2H3. The Balaban J connectivity index is 1.85. The van der Waals surface area contributed by atoms with Crippen molar-refractivity contribution in [3.8, 4) is 11.5 Å². The SMILES string of the molecule is CCNCc1ccc(COc2ccc(OC)cc2)o1. The highest BCUT2D eigenvalue weighted by Crippen LogP contribution is 2.18. The predicted molar refractivity (Wildman–Crippen MR) is 73.4 cm³/mol. The fourth-order valence-electron chi connectivity index (χ4n) is 1.67. The van der Waals surface area contributed by atoms with Gasteiger partial charge in [-0.25, -0.2) is 0 Å². The van der Waals surface area contributed by atoms with Crippen molar-refractivity contribution in [2.75, 3.05) is 13.7 Å². The van der Waals surface area contributed by atoms with Crippen LogP contribution >= 0.6 is 0 Å². The van der Waals surface area contributed by atoms with Crippen molar-refractivity contribution >= 4 is 0 Å². The van der Waals surface area contributed by atoms with Gasteiger partial charge in [0.05, 0.1) is 13.7 Å². The Labute approximate surface area is 113 Å². The molecule has 2 rings (SSSR count). The van der Waals surface area contributed by atoms with Gasteiger partial charge in [-0.15, -0.1) is 0 Å². The van der Waals surface area contributed by atoms with Gasteiger partial charge in [0.25, 0.3) is 0 Å². The fraction of sp³-hybridized carbons (Fsp3) is 0.333. The molecule has 0 radical (unpaired) electrons. The summed E-state index contributed by atoms with van der Waals surface area (Å²) in [4.78, 5) is 0. The van der Waals surface area contributed by atoms with Crippen molar-refractivity contribution < 1.29 is 13.9 Å². The molecule has 0 aliphatic carbocycles. The topological polar surface area (TPSA) is 43.6 Å². The lowest BCUT2D eigenvalue weighted by Gasteiger charge is -2.05. The number of ether oxygens (including phenoxy) is 2. The number of hydrogen-bond donors (Lipinski definition) is 1. The van der Waals surface area contributed by atoms with Crippen LogP contribution in [-0.4, -0.2) is 13.7 Å². The minimum atomic E-state index is 0.429. The average molecular weight is 261 g/mol. The van der Waals surface area contributed by atoms with Crippen molar-refractivity contribution in [1.82, 2.24) is 5.32 Å². The molecule has 2 aromatic rings. The second-order valence-corrected chi connectivity index (χ2v) is 4.11. The highest BCUT2D eigenvalue weighted by atomic mass is 16.5. The third-order valence-electron chi connectivity index (χ3n) is 2.71. The van der Waals surface area contributed by atoms with E-state index in [0.29, 0.717) is 6.61 Å². The molecule has 0 saturated heterocycles. The van der Waals surface area contributed by atoms with E-state index in [0.717, 1.165) is 36.1 Å². The van der Waals surface area contributed by atoms with Crippen LogP contribution in [0.1, 0.15) is 18.4 Å². The number of methoxy groups -OCH3 is 1. The minimum absolute atomic E-state index is 0.429. The van der Waals surface area contributed by atoms with Crippen LogP contribution in [0.5, 0.6) is 11.5 Å². The Morgan fingerprint density at radius 2 is 1.68 bits per heavy atom. The molecule has 1 heterocycles. The molecule has 0 fully saturated rings. The van der Waals surface area contributed by atoms with E-state index in [4.69, 9.17) is 13.9 Å². The van der Waals surface area contributed by atoms with Gasteiger partial charge in [-0.2, -0.15) is 0 Å². The molecule has 1 aromatic heterocycles. The lowest BCUT2D eigenvalue weighted by Crippen LogP contribution is -2.10. The molecule has 0 spiro atoms. The quantitative estimate of drug-likeness (QED) is 0.832. The summed E-state index contributed by atoms with van der Waals surface area (Å²) in [6.45, 7) is 4.17. The van der Waals surface area contributed by atoms with Gasteiger partial charge >= 0.3 is 0 Å². The van der Waals surface area contributed by atoms with Gasteiger partial charge in [0.15, 0.2) is 0 Å². The van der Waals surface area contributed by atoms with Gasteiger partial charge in [-0.1, -0.05) is 6.92 Å². The van der Waals surface area contributed by atoms with Crippen LogP contribution in [0.3, 0.4) is 0 Å². The molecule has 1 N–H and O–H groups in total. The summed E-state index contributed by atoms with van der Waals surface area (Å²) >= 11 is 0. The first-order chi connectivity index (χ1) is 9.31. The molecule has 0 unspecified atom stereocenters. The zero-order valence-electron chi connectivity index (χ0n) is 11.3. The molecule has 19 heavy (non-hydrogen) atoms. The molecule has 0 saturated carbocycles. The molecular formula is C15H19NO3. The predicted octanol–water partition coefficient (Wildman–Crippen LogP) is 2.98. The van der Waals surface area contributed by atoms with Crippen molar-refractivity contribution in [2.24, 2.45) is 0 Å². The highest BCUT2D eigenvalue weighted by molar-refractivity contribution is 5.31. The van der Waals surface area contributed by atoms with E-state index in [1.54, 1.807) is 7.11 Å². The van der Waals surface area contributed by atoms with Crippen LogP contribution in [0, 0.1) is 0 Å². The monoisotopic (exact) mass is 261 g/mol. The second-order valence-electron chi connectivity index (χ2n) is 4.11. The first kappa shape index (κ1) is 13.5. The van der Waals surface area contributed by atoms with E-state index in [2.05, 4.69) is 12.2 Å². The summed E-state index contributed by atoms with van der Waals surface area (Å²) in [6.07, 6.45) is 0. The van der Waals surface area contributed by atoms with E-state index >= 15 is 0 Å². The van der Waals surface area contributed by atoms with E-state index in [1.165, 1.54) is 0 Å². The van der Waals surface area contributed by atoms with Crippen molar-refractivity contribution in [1.29, 1.82) is 0 Å². The highest BCUT2D eigenvalue weighted by Gasteiger charge is 2.03. The Bertz CT molecular complexity index is 490. The number of furan rings is 1. The summed E-state index contributed by atoms with van der Waals surface area (Å²) in [5, 5.41) is 3.22. The first-order valence-electron chi connectivity index (χ1n) is 6.37. The van der Waals surface area contributed by atoms with Crippen LogP contribution in [0.4, 0.5) is 0 Å². The third kappa shape index (κ3) is 4.03. The van der Waals surface area contributed by atoms with Crippen molar-refractivity contribution in [3.05, 3.63) is 47.9 Å². The molecule has 4 nitrogen and oxygen atoms in total. The lowest BCUT2D eigenvalue weighted by atomic mass is 10.3. The molecule has 0 bridgehead atoms. The largest absolute Gasteiger partial charge is 0.497 e. The Morgan fingerprint density at radius 1 is 1.00 bits per heavy atom. The molecule has 1 aromatic carbocycles. The molecule has 102 valence electrons. The second kappa shape index (κ2) is 6.85. The molecule has 0 atom stereocenters. The van der Waals surface area contributed by atoms with Gasteiger partial charge in [0, 0.05) is 0 Å². The fourth-order valence-corrected chi connectivity index (χ4v) is 1.67. The normalized spacial score (nSPS) is 10.4. The maximum atomic E-state index is 5.64. The van der Waals surface area contributed by atoms with Gasteiger partial charge < -0.3 is 19.2 Å². The number of hydrogen-bond acceptors (Lipinski definition) is 4. The van der Waals surface area contributed by atoms with E-state index in [9.17, 15) is 0 Å². The summed E-state index contributed by atoms with van der Waals surface area (Å²) in [5.74, 6) is 3.36. The van der Waals surface area contributed by atoms with Crippen LogP contribution in [0.15, 0.2) is 40.8 Å². The van der Waals surface area contributed by atoms with Crippen molar-refractivity contribution in [2.45, 2.75) is 20.1 Å². The maximum Gasteiger partial charge on any atom is 0.146 e. The maximum absolute atomic E-state index is 5.64. The van der Waals surface area contributed by atoms with Crippen LogP contribution in [0.2, 0.25) is 0 Å². The smallest absolute Gasteiger partial charge is 0.146 e. The van der Waals surface area contributed by atoms with Gasteiger partial charge in [-0.05, 0) is 42.9 Å². The van der Waals surface area contributed by atoms with Gasteiger partial charge in [-0.3, -0.25) is 0 Å². The molecule has 0 aliphatic rings. The van der Waals surface area contributed by atoms with Gasteiger partial charge in [0.2, 0.25) is 0 Å². The molecule has 0 aliphatic heterocycles. The van der Waals surface area contributed by atoms with Crippen LogP contribution in [-0.2, 0) is 13.2 Å². The summed E-state index contributed by atoms with van der Waals surface area (Å²) < 4.78 is 16.4. The Hall–Kier alpha value is -1.94. The lowest BCUT2D eigenvalue weighted by molar-refractivity contribution is 0.265. The van der Waals surface area contributed by atoms with Crippen LogP contribution in [0.25, 0.3) is 0 Å². The van der Waals surface area contributed by atoms with E-state index in [1.807, 2.05) is 36.4 Å². The van der Waals surface area contributed by atoms with Crippen molar-refractivity contribution in [3.63, 3.8) is 0 Å². The summed E-state index contributed by atoms with van der Waals surface area (Å²) in [5.41, 5.74) is 0. The summed E-state index contributed by atoms with van der Waals surface area (Å²) in [7, 11) is 1.64. The van der Waals surface area contributed by atoms with E-state index in [-0.39, 0.29) is 0 Å². The zero-order chi connectivity index (χ0) is 13.5. The summed E-state index contributed by atoms with van der Waals surface area (Å²) in [6, 6.07) is 11.4. The molecule has 0 amide bonds. The zero-order valence-corrected chi connectivity index (χ0v) is 11.3. The third-order valence-corrected chi connectivity index (χ3v) is 2.71.